The number of benzene rings is 1. The Balaban J connectivity index is 1.88. The van der Waals surface area contributed by atoms with Gasteiger partial charge < -0.3 is 15.4 Å². The number of ketones is 1. The van der Waals surface area contributed by atoms with E-state index in [0.29, 0.717) is 34.5 Å². The number of carbonyl (C=O) groups is 1. The number of fused-ring (bicyclic) bond motifs is 1. The fourth-order valence-electron chi connectivity index (χ4n) is 2.78. The second-order valence-corrected chi connectivity index (χ2v) is 6.36. The van der Waals surface area contributed by atoms with Gasteiger partial charge in [0.15, 0.2) is 11.6 Å². The Morgan fingerprint density at radius 1 is 1.33 bits per heavy atom. The van der Waals surface area contributed by atoms with E-state index in [0.717, 1.165) is 5.56 Å². The SMILES string of the molecule is CC1CC(=O)c2c(OCc3nc(N)nc(N(C)C)n3)ccc(Cl)c21. The van der Waals surface area contributed by atoms with Crippen molar-refractivity contribution >= 4 is 29.3 Å². The van der Waals surface area contributed by atoms with Crippen LogP contribution in [0.15, 0.2) is 12.1 Å². The summed E-state index contributed by atoms with van der Waals surface area (Å²) in [5, 5.41) is 0.593. The lowest BCUT2D eigenvalue weighted by Crippen LogP contribution is -2.17. The number of halogens is 1. The molecule has 1 aliphatic carbocycles. The molecule has 0 amide bonds. The molecule has 8 heteroatoms. The van der Waals surface area contributed by atoms with Gasteiger partial charge in [0.2, 0.25) is 11.9 Å². The minimum atomic E-state index is 0.0409. The minimum Gasteiger partial charge on any atom is -0.485 e. The van der Waals surface area contributed by atoms with Crippen molar-refractivity contribution in [3.63, 3.8) is 0 Å². The number of hydrogen-bond donors (Lipinski definition) is 1. The van der Waals surface area contributed by atoms with Gasteiger partial charge in [-0.05, 0) is 23.6 Å². The molecule has 1 aromatic carbocycles. The van der Waals surface area contributed by atoms with Crippen molar-refractivity contribution < 1.29 is 9.53 Å². The maximum atomic E-state index is 12.3. The van der Waals surface area contributed by atoms with E-state index < -0.39 is 0 Å². The first-order valence-corrected chi connectivity index (χ1v) is 7.90. The van der Waals surface area contributed by atoms with E-state index in [4.69, 9.17) is 22.1 Å². The Bertz CT molecular complexity index is 809. The van der Waals surface area contributed by atoms with Gasteiger partial charge in [-0.25, -0.2) is 0 Å². The normalized spacial score (nSPS) is 16.2. The molecule has 1 atom stereocenters. The summed E-state index contributed by atoms with van der Waals surface area (Å²) in [7, 11) is 3.62. The predicted octanol–water partition coefficient (Wildman–Crippen LogP) is 2.44. The van der Waals surface area contributed by atoms with Gasteiger partial charge in [0.05, 0.1) is 5.56 Å². The molecule has 24 heavy (non-hydrogen) atoms. The van der Waals surface area contributed by atoms with Crippen molar-refractivity contribution in [1.82, 2.24) is 15.0 Å². The van der Waals surface area contributed by atoms with Crippen molar-refractivity contribution in [3.05, 3.63) is 34.1 Å². The molecule has 7 nitrogen and oxygen atoms in total. The van der Waals surface area contributed by atoms with E-state index >= 15 is 0 Å². The highest BCUT2D eigenvalue weighted by Crippen LogP contribution is 2.42. The fraction of sp³-hybridized carbons (Fsp3) is 0.375. The Hall–Kier alpha value is -2.41. The predicted molar refractivity (Wildman–Crippen MR) is 91.7 cm³/mol. The molecule has 0 spiro atoms. The summed E-state index contributed by atoms with van der Waals surface area (Å²) in [4.78, 5) is 26.4. The van der Waals surface area contributed by atoms with Crippen LogP contribution in [0.5, 0.6) is 5.75 Å². The van der Waals surface area contributed by atoms with Crippen molar-refractivity contribution in [3.8, 4) is 5.75 Å². The Morgan fingerprint density at radius 3 is 2.79 bits per heavy atom. The van der Waals surface area contributed by atoms with Crippen LogP contribution in [0.25, 0.3) is 0 Å². The van der Waals surface area contributed by atoms with Crippen LogP contribution in [0.2, 0.25) is 5.02 Å². The van der Waals surface area contributed by atoms with Gasteiger partial charge in [-0.1, -0.05) is 18.5 Å². The van der Waals surface area contributed by atoms with Gasteiger partial charge in [0, 0.05) is 25.5 Å². The molecule has 1 aromatic heterocycles. The molecule has 3 rings (SSSR count). The van der Waals surface area contributed by atoms with Crippen LogP contribution in [0, 0.1) is 0 Å². The fourth-order valence-corrected chi connectivity index (χ4v) is 3.12. The number of hydrogen-bond acceptors (Lipinski definition) is 7. The maximum Gasteiger partial charge on any atom is 0.230 e. The van der Waals surface area contributed by atoms with Gasteiger partial charge in [0.25, 0.3) is 0 Å². The summed E-state index contributed by atoms with van der Waals surface area (Å²) in [6.45, 7) is 2.07. The largest absolute Gasteiger partial charge is 0.485 e. The van der Waals surface area contributed by atoms with E-state index in [1.165, 1.54) is 0 Å². The third-order valence-electron chi connectivity index (χ3n) is 3.86. The molecular weight excluding hydrogens is 330 g/mol. The molecule has 0 radical (unpaired) electrons. The summed E-state index contributed by atoms with van der Waals surface area (Å²) in [6, 6.07) is 3.45. The monoisotopic (exact) mass is 347 g/mol. The van der Waals surface area contributed by atoms with Crippen LogP contribution < -0.4 is 15.4 Å². The number of anilines is 2. The first kappa shape index (κ1) is 16.4. The number of ether oxygens (including phenoxy) is 1. The molecule has 0 saturated carbocycles. The first-order chi connectivity index (χ1) is 11.4. The number of carbonyl (C=O) groups excluding carboxylic acids is 1. The van der Waals surface area contributed by atoms with Gasteiger partial charge in [-0.15, -0.1) is 0 Å². The molecule has 1 heterocycles. The number of nitrogens with zero attached hydrogens (tertiary/aromatic N) is 4. The molecule has 126 valence electrons. The van der Waals surface area contributed by atoms with Crippen LogP contribution in [-0.2, 0) is 6.61 Å². The third kappa shape index (κ3) is 2.99. The van der Waals surface area contributed by atoms with E-state index in [-0.39, 0.29) is 24.3 Å². The zero-order valence-electron chi connectivity index (χ0n) is 13.7. The van der Waals surface area contributed by atoms with Crippen molar-refractivity contribution in [2.24, 2.45) is 0 Å². The van der Waals surface area contributed by atoms with Crippen molar-refractivity contribution in [2.75, 3.05) is 24.7 Å². The number of rotatable bonds is 4. The highest BCUT2D eigenvalue weighted by molar-refractivity contribution is 6.32. The highest BCUT2D eigenvalue weighted by Gasteiger charge is 2.31. The summed E-state index contributed by atoms with van der Waals surface area (Å²) in [5.74, 6) is 1.60. The van der Waals surface area contributed by atoms with Gasteiger partial charge >= 0.3 is 0 Å². The first-order valence-electron chi connectivity index (χ1n) is 7.53. The lowest BCUT2D eigenvalue weighted by Gasteiger charge is -2.14. The maximum absolute atomic E-state index is 12.3. The second kappa shape index (κ2) is 6.24. The molecule has 2 N–H and O–H groups in total. The van der Waals surface area contributed by atoms with Crippen LogP contribution >= 0.6 is 11.6 Å². The summed E-state index contributed by atoms with van der Waals surface area (Å²) in [5.41, 5.74) is 7.11. The third-order valence-corrected chi connectivity index (χ3v) is 4.19. The molecule has 0 aliphatic heterocycles. The topological polar surface area (TPSA) is 94.2 Å². The van der Waals surface area contributed by atoms with Crippen LogP contribution in [0.3, 0.4) is 0 Å². The molecule has 1 aliphatic rings. The second-order valence-electron chi connectivity index (χ2n) is 5.96. The Morgan fingerprint density at radius 2 is 2.08 bits per heavy atom. The minimum absolute atomic E-state index is 0.0409. The molecule has 1 unspecified atom stereocenters. The zero-order valence-corrected chi connectivity index (χ0v) is 14.5. The Kier molecular flexibility index (Phi) is 4.28. The van der Waals surface area contributed by atoms with Gasteiger partial charge in [-0.3, -0.25) is 4.79 Å². The molecule has 2 aromatic rings. The van der Waals surface area contributed by atoms with Gasteiger partial charge in [-0.2, -0.15) is 15.0 Å². The average Bonchev–Trinajstić information content (AvgIpc) is 2.82. The van der Waals surface area contributed by atoms with E-state index in [9.17, 15) is 4.79 Å². The number of aromatic nitrogens is 3. The summed E-state index contributed by atoms with van der Waals surface area (Å²) in [6.07, 6.45) is 0.443. The average molecular weight is 348 g/mol. The molecule has 0 fully saturated rings. The quantitative estimate of drug-likeness (QED) is 0.907. The Labute approximate surface area is 144 Å². The lowest BCUT2D eigenvalue weighted by molar-refractivity contribution is 0.0986. The number of nitrogen functional groups attached to an aromatic ring is 1. The molecular formula is C16H18ClN5O2. The van der Waals surface area contributed by atoms with Crippen molar-refractivity contribution in [1.29, 1.82) is 0 Å². The van der Waals surface area contributed by atoms with Crippen molar-refractivity contribution in [2.45, 2.75) is 25.9 Å². The smallest absolute Gasteiger partial charge is 0.230 e. The highest BCUT2D eigenvalue weighted by atomic mass is 35.5. The number of Topliss-reactive ketones (excluding diaryl/α,β-unsaturated/α-hetero) is 1. The van der Waals surface area contributed by atoms with E-state index in [2.05, 4.69) is 15.0 Å². The standard InChI is InChI=1S/C16H18ClN5O2/c1-8-6-10(23)14-11(5-4-9(17)13(8)14)24-7-12-19-15(18)21-16(20-12)22(2)3/h4-5,8H,6-7H2,1-3H3,(H2,18,19,20,21). The van der Waals surface area contributed by atoms with Crippen LogP contribution in [0.4, 0.5) is 11.9 Å². The van der Waals surface area contributed by atoms with E-state index in [1.807, 2.05) is 21.0 Å². The van der Waals surface area contributed by atoms with E-state index in [1.54, 1.807) is 17.0 Å². The summed E-state index contributed by atoms with van der Waals surface area (Å²) >= 11 is 6.23. The van der Waals surface area contributed by atoms with Crippen LogP contribution in [0.1, 0.15) is 41.0 Å². The molecule has 0 saturated heterocycles. The zero-order chi connectivity index (χ0) is 17.4. The number of nitrogens with two attached hydrogens (primary N) is 1. The summed E-state index contributed by atoms with van der Waals surface area (Å²) < 4.78 is 5.79. The van der Waals surface area contributed by atoms with Crippen LogP contribution in [-0.4, -0.2) is 34.8 Å². The lowest BCUT2D eigenvalue weighted by atomic mass is 10.0. The molecule has 0 bridgehead atoms. The van der Waals surface area contributed by atoms with Gasteiger partial charge in [0.1, 0.15) is 12.4 Å².